The number of aromatic nitrogens is 3. The first-order chi connectivity index (χ1) is 7.74. The van der Waals surface area contributed by atoms with Crippen molar-refractivity contribution in [1.82, 2.24) is 14.5 Å². The van der Waals surface area contributed by atoms with E-state index in [9.17, 15) is 0 Å². The SMILES string of the molecule is CC(N)c1cccnc1-n1ccnc1C#N. The lowest BCUT2D eigenvalue weighted by atomic mass is 10.1. The van der Waals surface area contributed by atoms with Crippen LogP contribution in [0.3, 0.4) is 0 Å². The van der Waals surface area contributed by atoms with Crippen LogP contribution in [-0.4, -0.2) is 14.5 Å². The molecular weight excluding hydrogens is 202 g/mol. The van der Waals surface area contributed by atoms with E-state index in [-0.39, 0.29) is 6.04 Å². The lowest BCUT2D eigenvalue weighted by molar-refractivity contribution is 0.788. The molecule has 5 heteroatoms. The molecule has 0 aromatic carbocycles. The molecule has 2 aromatic rings. The number of hydrogen-bond acceptors (Lipinski definition) is 4. The first-order valence-electron chi connectivity index (χ1n) is 4.88. The highest BCUT2D eigenvalue weighted by molar-refractivity contribution is 5.38. The van der Waals surface area contributed by atoms with Crippen LogP contribution in [0.25, 0.3) is 5.82 Å². The number of rotatable bonds is 2. The summed E-state index contributed by atoms with van der Waals surface area (Å²) < 4.78 is 1.64. The monoisotopic (exact) mass is 213 g/mol. The topological polar surface area (TPSA) is 80.5 Å². The van der Waals surface area contributed by atoms with Crippen molar-refractivity contribution in [2.24, 2.45) is 5.73 Å². The van der Waals surface area contributed by atoms with Crippen LogP contribution in [0.2, 0.25) is 0 Å². The van der Waals surface area contributed by atoms with Crippen LogP contribution in [0.4, 0.5) is 0 Å². The van der Waals surface area contributed by atoms with Crippen molar-refractivity contribution in [3.63, 3.8) is 0 Å². The molecule has 0 bridgehead atoms. The Morgan fingerprint density at radius 2 is 2.25 bits per heavy atom. The van der Waals surface area contributed by atoms with Crippen molar-refractivity contribution in [1.29, 1.82) is 5.26 Å². The van der Waals surface area contributed by atoms with E-state index >= 15 is 0 Å². The molecule has 2 heterocycles. The second kappa shape index (κ2) is 4.13. The third-order valence-electron chi connectivity index (χ3n) is 2.28. The van der Waals surface area contributed by atoms with Gasteiger partial charge in [0, 0.05) is 30.2 Å². The van der Waals surface area contributed by atoms with Gasteiger partial charge in [-0.25, -0.2) is 9.97 Å². The molecule has 80 valence electrons. The normalized spacial score (nSPS) is 12.1. The van der Waals surface area contributed by atoms with Crippen LogP contribution in [-0.2, 0) is 0 Å². The van der Waals surface area contributed by atoms with E-state index in [2.05, 4.69) is 9.97 Å². The minimum Gasteiger partial charge on any atom is -0.324 e. The molecule has 0 spiro atoms. The Bertz CT molecular complexity index is 535. The van der Waals surface area contributed by atoms with Crippen molar-refractivity contribution in [2.75, 3.05) is 0 Å². The van der Waals surface area contributed by atoms with Crippen LogP contribution in [0.15, 0.2) is 30.7 Å². The van der Waals surface area contributed by atoms with Gasteiger partial charge >= 0.3 is 0 Å². The second-order valence-corrected chi connectivity index (χ2v) is 3.44. The summed E-state index contributed by atoms with van der Waals surface area (Å²) in [6.07, 6.45) is 4.94. The van der Waals surface area contributed by atoms with Crippen LogP contribution in [0, 0.1) is 11.3 Å². The zero-order valence-electron chi connectivity index (χ0n) is 8.83. The molecule has 1 atom stereocenters. The standard InChI is InChI=1S/C11H11N5/c1-8(13)9-3-2-4-15-11(9)16-6-5-14-10(16)7-12/h2-6,8H,13H2,1H3. The third-order valence-corrected chi connectivity index (χ3v) is 2.28. The highest BCUT2D eigenvalue weighted by Gasteiger charge is 2.12. The minimum absolute atomic E-state index is 0.141. The van der Waals surface area contributed by atoms with Crippen molar-refractivity contribution in [2.45, 2.75) is 13.0 Å². The molecular formula is C11H11N5. The highest BCUT2D eigenvalue weighted by atomic mass is 15.1. The number of nitriles is 1. The lowest BCUT2D eigenvalue weighted by Gasteiger charge is -2.11. The summed E-state index contributed by atoms with van der Waals surface area (Å²) in [7, 11) is 0. The summed E-state index contributed by atoms with van der Waals surface area (Å²) in [5.74, 6) is 0.965. The van der Waals surface area contributed by atoms with Gasteiger partial charge in [-0.2, -0.15) is 5.26 Å². The Kier molecular flexibility index (Phi) is 2.66. The summed E-state index contributed by atoms with van der Waals surface area (Å²) in [6, 6.07) is 5.59. The molecule has 0 aliphatic rings. The maximum Gasteiger partial charge on any atom is 0.218 e. The first kappa shape index (κ1) is 10.3. The van der Waals surface area contributed by atoms with Gasteiger partial charge < -0.3 is 5.73 Å². The molecule has 0 amide bonds. The quantitative estimate of drug-likeness (QED) is 0.811. The summed E-state index contributed by atoms with van der Waals surface area (Å²) in [6.45, 7) is 1.88. The van der Waals surface area contributed by atoms with Crippen LogP contribution in [0.1, 0.15) is 24.4 Å². The van der Waals surface area contributed by atoms with Gasteiger partial charge in [0.1, 0.15) is 11.9 Å². The molecule has 16 heavy (non-hydrogen) atoms. The Balaban J connectivity index is 2.61. The summed E-state index contributed by atoms with van der Waals surface area (Å²) in [5.41, 5.74) is 6.74. The third kappa shape index (κ3) is 1.66. The molecule has 0 radical (unpaired) electrons. The Hall–Kier alpha value is -2.19. The van der Waals surface area contributed by atoms with E-state index < -0.39 is 0 Å². The van der Waals surface area contributed by atoms with Gasteiger partial charge in [0.15, 0.2) is 0 Å². The van der Waals surface area contributed by atoms with Gasteiger partial charge in [-0.1, -0.05) is 6.07 Å². The van der Waals surface area contributed by atoms with E-state index in [1.807, 2.05) is 25.1 Å². The lowest BCUT2D eigenvalue weighted by Crippen LogP contribution is -2.11. The fraction of sp³-hybridized carbons (Fsp3) is 0.182. The summed E-state index contributed by atoms with van der Waals surface area (Å²) in [5, 5.41) is 8.91. The van der Waals surface area contributed by atoms with Gasteiger partial charge in [-0.3, -0.25) is 4.57 Å². The summed E-state index contributed by atoms with van der Waals surface area (Å²) in [4.78, 5) is 8.18. The van der Waals surface area contributed by atoms with E-state index in [1.54, 1.807) is 23.2 Å². The Morgan fingerprint density at radius 1 is 1.44 bits per heavy atom. The van der Waals surface area contributed by atoms with Crippen LogP contribution < -0.4 is 5.73 Å². The van der Waals surface area contributed by atoms with Gasteiger partial charge in [-0.05, 0) is 13.0 Å². The van der Waals surface area contributed by atoms with Gasteiger partial charge in [-0.15, -0.1) is 0 Å². The highest BCUT2D eigenvalue weighted by Crippen LogP contribution is 2.18. The number of pyridine rings is 1. The van der Waals surface area contributed by atoms with Crippen molar-refractivity contribution in [3.05, 3.63) is 42.1 Å². The molecule has 0 saturated carbocycles. The molecule has 1 unspecified atom stereocenters. The predicted molar refractivity (Wildman–Crippen MR) is 58.7 cm³/mol. The molecule has 2 aromatic heterocycles. The fourth-order valence-corrected chi connectivity index (χ4v) is 1.52. The Morgan fingerprint density at radius 3 is 2.94 bits per heavy atom. The fourth-order valence-electron chi connectivity index (χ4n) is 1.52. The molecule has 2 rings (SSSR count). The van der Waals surface area contributed by atoms with Crippen LogP contribution in [0.5, 0.6) is 0 Å². The number of hydrogen-bond donors (Lipinski definition) is 1. The number of imidazole rings is 1. The molecule has 2 N–H and O–H groups in total. The smallest absolute Gasteiger partial charge is 0.218 e. The van der Waals surface area contributed by atoms with Gasteiger partial charge in [0.2, 0.25) is 5.82 Å². The molecule has 0 aliphatic heterocycles. The zero-order chi connectivity index (χ0) is 11.5. The predicted octanol–water partition coefficient (Wildman–Crippen LogP) is 1.16. The van der Waals surface area contributed by atoms with E-state index in [4.69, 9.17) is 11.0 Å². The Labute approximate surface area is 93.2 Å². The van der Waals surface area contributed by atoms with Crippen LogP contribution >= 0.6 is 0 Å². The average molecular weight is 213 g/mol. The number of nitrogens with zero attached hydrogens (tertiary/aromatic N) is 4. The maximum absolute atomic E-state index is 8.91. The van der Waals surface area contributed by atoms with Gasteiger partial charge in [0.25, 0.3) is 0 Å². The maximum atomic E-state index is 8.91. The van der Waals surface area contributed by atoms with Crippen molar-refractivity contribution in [3.8, 4) is 11.9 Å². The zero-order valence-corrected chi connectivity index (χ0v) is 8.83. The molecule has 0 fully saturated rings. The number of nitrogens with two attached hydrogens (primary N) is 1. The first-order valence-corrected chi connectivity index (χ1v) is 4.88. The summed E-state index contributed by atoms with van der Waals surface area (Å²) >= 11 is 0. The van der Waals surface area contributed by atoms with E-state index in [0.717, 1.165) is 5.56 Å². The molecule has 0 saturated heterocycles. The second-order valence-electron chi connectivity index (χ2n) is 3.44. The molecule has 0 aliphatic carbocycles. The minimum atomic E-state index is -0.141. The van der Waals surface area contributed by atoms with Crippen molar-refractivity contribution < 1.29 is 0 Å². The van der Waals surface area contributed by atoms with Gasteiger partial charge in [0.05, 0.1) is 0 Å². The van der Waals surface area contributed by atoms with Crippen molar-refractivity contribution >= 4 is 0 Å². The average Bonchev–Trinajstić information content (AvgIpc) is 2.76. The van der Waals surface area contributed by atoms with E-state index in [1.165, 1.54) is 0 Å². The molecule has 5 nitrogen and oxygen atoms in total. The van der Waals surface area contributed by atoms with E-state index in [0.29, 0.717) is 11.6 Å². The largest absolute Gasteiger partial charge is 0.324 e.